The van der Waals surface area contributed by atoms with Gasteiger partial charge in [-0.15, -0.1) is 0 Å². The van der Waals surface area contributed by atoms with Crippen molar-refractivity contribution in [2.45, 2.75) is 6.42 Å². The van der Waals surface area contributed by atoms with Crippen molar-refractivity contribution in [3.05, 3.63) is 0 Å². The average molecular weight is 246 g/mol. The van der Waals surface area contributed by atoms with Gasteiger partial charge in [0.05, 0.1) is 0 Å². The second-order valence-electron chi connectivity index (χ2n) is 1.68. The third kappa shape index (κ3) is 3.87. The fourth-order valence-electron chi connectivity index (χ4n) is 0.372. The van der Waals surface area contributed by atoms with Gasteiger partial charge in [-0.1, -0.05) is 31.9 Å². The average Bonchev–Trinajstić information content (AvgIpc) is 1.83. The Morgan fingerprint density at radius 3 is 2.12 bits per heavy atom. The van der Waals surface area contributed by atoms with Crippen LogP contribution in [0.4, 0.5) is 0 Å². The highest BCUT2D eigenvalue weighted by molar-refractivity contribution is 9.09. The molecule has 8 heavy (non-hydrogen) atoms. The molecule has 0 heterocycles. The van der Waals surface area contributed by atoms with Crippen molar-refractivity contribution in [2.75, 3.05) is 17.3 Å². The van der Waals surface area contributed by atoms with Gasteiger partial charge < -0.3 is 5.11 Å². The zero-order valence-corrected chi connectivity index (χ0v) is 7.78. The van der Waals surface area contributed by atoms with Crippen LogP contribution in [-0.4, -0.2) is 22.4 Å². The van der Waals surface area contributed by atoms with Crippen molar-refractivity contribution in [1.82, 2.24) is 0 Å². The summed E-state index contributed by atoms with van der Waals surface area (Å²) in [6.07, 6.45) is 1.04. The number of hydrogen-bond acceptors (Lipinski definition) is 1. The Bertz CT molecular complexity index is 45.7. The zero-order chi connectivity index (χ0) is 6.41. The standard InChI is InChI=1S/C5H10Br2O/c6-2-1-5(3-7)4-8/h5,8H,1-4H2. The minimum atomic E-state index is 0.289. The molecule has 0 aromatic rings. The first-order chi connectivity index (χ1) is 3.85. The quantitative estimate of drug-likeness (QED) is 0.749. The Kier molecular flexibility index (Phi) is 6.74. The predicted molar refractivity (Wildman–Crippen MR) is 42.8 cm³/mol. The first-order valence-corrected chi connectivity index (χ1v) is 4.82. The Labute approximate surface area is 66.7 Å². The summed E-state index contributed by atoms with van der Waals surface area (Å²) in [4.78, 5) is 0. The molecule has 50 valence electrons. The van der Waals surface area contributed by atoms with Crippen molar-refractivity contribution < 1.29 is 5.11 Å². The van der Waals surface area contributed by atoms with Crippen molar-refractivity contribution in [1.29, 1.82) is 0 Å². The van der Waals surface area contributed by atoms with Gasteiger partial charge in [0.15, 0.2) is 0 Å². The monoisotopic (exact) mass is 244 g/mol. The SMILES string of the molecule is OCC(CBr)CCBr. The molecule has 1 N–H and O–H groups in total. The summed E-state index contributed by atoms with van der Waals surface area (Å²) in [7, 11) is 0. The zero-order valence-electron chi connectivity index (χ0n) is 4.61. The molecule has 0 aliphatic heterocycles. The predicted octanol–water partition coefficient (Wildman–Crippen LogP) is 1.77. The molecular formula is C5H10Br2O. The summed E-state index contributed by atoms with van der Waals surface area (Å²) >= 11 is 6.60. The van der Waals surface area contributed by atoms with Crippen molar-refractivity contribution in [2.24, 2.45) is 5.92 Å². The van der Waals surface area contributed by atoms with Crippen LogP contribution in [0, 0.1) is 5.92 Å². The Morgan fingerprint density at radius 2 is 2.00 bits per heavy atom. The molecular weight excluding hydrogens is 236 g/mol. The van der Waals surface area contributed by atoms with Crippen LogP contribution in [0.25, 0.3) is 0 Å². The lowest BCUT2D eigenvalue weighted by molar-refractivity contribution is 0.238. The highest BCUT2D eigenvalue weighted by atomic mass is 79.9. The minimum Gasteiger partial charge on any atom is -0.396 e. The van der Waals surface area contributed by atoms with E-state index in [4.69, 9.17) is 5.11 Å². The Hall–Kier alpha value is 0.920. The first-order valence-electron chi connectivity index (χ1n) is 2.58. The summed E-state index contributed by atoms with van der Waals surface area (Å²) in [6.45, 7) is 0.289. The molecule has 0 fully saturated rings. The molecule has 0 saturated carbocycles. The fourth-order valence-corrected chi connectivity index (χ4v) is 1.55. The maximum atomic E-state index is 8.61. The minimum absolute atomic E-state index is 0.289. The van der Waals surface area contributed by atoms with Crippen LogP contribution in [0.1, 0.15) is 6.42 Å². The van der Waals surface area contributed by atoms with E-state index in [0.717, 1.165) is 17.1 Å². The molecule has 0 aliphatic carbocycles. The van der Waals surface area contributed by atoms with E-state index in [1.54, 1.807) is 0 Å². The van der Waals surface area contributed by atoms with Crippen LogP contribution in [0.2, 0.25) is 0 Å². The number of alkyl halides is 2. The van der Waals surface area contributed by atoms with Gasteiger partial charge in [0, 0.05) is 17.3 Å². The second kappa shape index (κ2) is 6.05. The molecule has 0 saturated heterocycles. The van der Waals surface area contributed by atoms with Crippen LogP contribution >= 0.6 is 31.9 Å². The second-order valence-corrected chi connectivity index (χ2v) is 3.12. The van der Waals surface area contributed by atoms with E-state index in [2.05, 4.69) is 31.9 Å². The molecule has 0 aromatic heterocycles. The van der Waals surface area contributed by atoms with E-state index >= 15 is 0 Å². The third-order valence-corrected chi connectivity index (χ3v) is 2.37. The molecule has 0 spiro atoms. The van der Waals surface area contributed by atoms with E-state index in [1.807, 2.05) is 0 Å². The maximum absolute atomic E-state index is 8.61. The summed E-state index contributed by atoms with van der Waals surface area (Å²) in [6, 6.07) is 0. The number of rotatable bonds is 4. The lowest BCUT2D eigenvalue weighted by Crippen LogP contribution is -2.07. The molecule has 0 aliphatic rings. The normalized spacial score (nSPS) is 13.9. The van der Waals surface area contributed by atoms with Gasteiger partial charge in [-0.3, -0.25) is 0 Å². The van der Waals surface area contributed by atoms with Crippen molar-refractivity contribution in [3.8, 4) is 0 Å². The molecule has 1 unspecified atom stereocenters. The molecule has 0 aromatic carbocycles. The van der Waals surface area contributed by atoms with Crippen LogP contribution in [0.5, 0.6) is 0 Å². The fraction of sp³-hybridized carbons (Fsp3) is 1.00. The van der Waals surface area contributed by atoms with Gasteiger partial charge in [-0.25, -0.2) is 0 Å². The number of hydrogen-bond donors (Lipinski definition) is 1. The smallest absolute Gasteiger partial charge is 0.0467 e. The van der Waals surface area contributed by atoms with Gasteiger partial charge in [0.1, 0.15) is 0 Å². The summed E-state index contributed by atoms with van der Waals surface area (Å²) in [5.74, 6) is 0.425. The Morgan fingerprint density at radius 1 is 1.38 bits per heavy atom. The summed E-state index contributed by atoms with van der Waals surface area (Å²) in [5, 5.41) is 10.5. The molecule has 0 radical (unpaired) electrons. The van der Waals surface area contributed by atoms with E-state index in [1.165, 1.54) is 0 Å². The topological polar surface area (TPSA) is 20.2 Å². The third-order valence-electron chi connectivity index (χ3n) is 0.994. The van der Waals surface area contributed by atoms with Crippen LogP contribution in [0.3, 0.4) is 0 Å². The van der Waals surface area contributed by atoms with E-state index < -0.39 is 0 Å². The van der Waals surface area contributed by atoms with E-state index in [9.17, 15) is 0 Å². The lowest BCUT2D eigenvalue weighted by atomic mass is 10.1. The highest BCUT2D eigenvalue weighted by Crippen LogP contribution is 2.06. The summed E-state index contributed by atoms with van der Waals surface area (Å²) < 4.78 is 0. The molecule has 0 amide bonds. The molecule has 0 rings (SSSR count). The van der Waals surface area contributed by atoms with Gasteiger partial charge >= 0.3 is 0 Å². The largest absolute Gasteiger partial charge is 0.396 e. The van der Waals surface area contributed by atoms with Gasteiger partial charge in [0.2, 0.25) is 0 Å². The lowest BCUT2D eigenvalue weighted by Gasteiger charge is -2.05. The molecule has 3 heteroatoms. The first kappa shape index (κ1) is 8.92. The molecule has 1 atom stereocenters. The van der Waals surface area contributed by atoms with Crippen LogP contribution < -0.4 is 0 Å². The van der Waals surface area contributed by atoms with Crippen LogP contribution in [0.15, 0.2) is 0 Å². The molecule has 1 nitrogen and oxygen atoms in total. The van der Waals surface area contributed by atoms with E-state index in [-0.39, 0.29) is 6.61 Å². The maximum Gasteiger partial charge on any atom is 0.0467 e. The van der Waals surface area contributed by atoms with Crippen molar-refractivity contribution >= 4 is 31.9 Å². The number of aliphatic hydroxyl groups excluding tert-OH is 1. The Balaban J connectivity index is 3.07. The number of halogens is 2. The highest BCUT2D eigenvalue weighted by Gasteiger charge is 2.01. The summed E-state index contributed by atoms with van der Waals surface area (Å²) in [5.41, 5.74) is 0. The molecule has 0 bridgehead atoms. The van der Waals surface area contributed by atoms with Crippen molar-refractivity contribution in [3.63, 3.8) is 0 Å². The number of aliphatic hydroxyl groups is 1. The van der Waals surface area contributed by atoms with Gasteiger partial charge in [-0.05, 0) is 12.3 Å². The van der Waals surface area contributed by atoms with Crippen LogP contribution in [-0.2, 0) is 0 Å². The van der Waals surface area contributed by atoms with Gasteiger partial charge in [-0.2, -0.15) is 0 Å². The van der Waals surface area contributed by atoms with Gasteiger partial charge in [0.25, 0.3) is 0 Å². The van der Waals surface area contributed by atoms with E-state index in [0.29, 0.717) is 5.92 Å².